The minimum absolute atomic E-state index is 0.199. The molecule has 0 aliphatic heterocycles. The van der Waals surface area contributed by atoms with Gasteiger partial charge in [0.15, 0.2) is 17.8 Å². The number of aromatic nitrogens is 7. The van der Waals surface area contributed by atoms with Crippen molar-refractivity contribution in [1.82, 2.24) is 34.6 Å². The topological polar surface area (TPSA) is 115 Å². The van der Waals surface area contributed by atoms with Gasteiger partial charge in [-0.3, -0.25) is 9.78 Å². The van der Waals surface area contributed by atoms with Crippen molar-refractivity contribution in [3.63, 3.8) is 0 Å². The van der Waals surface area contributed by atoms with Crippen LogP contribution in [0, 0.1) is 0 Å². The number of carbonyl (C=O) groups is 1. The van der Waals surface area contributed by atoms with Gasteiger partial charge in [-0.1, -0.05) is 17.3 Å². The van der Waals surface area contributed by atoms with E-state index in [0.717, 1.165) is 28.9 Å². The number of hydrogen-bond donors (Lipinski definition) is 2. The van der Waals surface area contributed by atoms with E-state index in [1.165, 1.54) is 0 Å². The number of nitrogens with one attached hydrogen (secondary N) is 2. The van der Waals surface area contributed by atoms with Gasteiger partial charge in [0.05, 0.1) is 23.8 Å². The number of benzene rings is 1. The van der Waals surface area contributed by atoms with Crippen molar-refractivity contribution in [2.45, 2.75) is 19.9 Å². The number of pyridine rings is 1. The molecule has 0 amide bonds. The Morgan fingerprint density at radius 3 is 2.74 bits per heavy atom. The van der Waals surface area contributed by atoms with E-state index in [2.05, 4.69) is 30.9 Å². The Bertz CT molecular complexity index is 1490. The lowest BCUT2D eigenvalue weighted by molar-refractivity contribution is 0.112. The van der Waals surface area contributed by atoms with Gasteiger partial charge in [0.2, 0.25) is 0 Å². The third-order valence-electron chi connectivity index (χ3n) is 5.41. The number of anilines is 3. The van der Waals surface area contributed by atoms with Crippen LogP contribution in [-0.4, -0.2) is 47.9 Å². The number of carbonyl (C=O) groups excluding carboxylic acids is 1. The SMILES string of the molecule is CNc1cc(Nc2cccc(-c3ncccc3C=O)c2)nn2c(-c3cn(C(C)C)nn3)cnc12. The van der Waals surface area contributed by atoms with Gasteiger partial charge in [-0.15, -0.1) is 10.2 Å². The molecule has 0 atom stereocenters. The Hall–Kier alpha value is -4.60. The van der Waals surface area contributed by atoms with E-state index in [-0.39, 0.29) is 6.04 Å². The molecule has 0 fully saturated rings. The van der Waals surface area contributed by atoms with E-state index in [1.54, 1.807) is 33.7 Å². The van der Waals surface area contributed by atoms with Crippen molar-refractivity contribution in [1.29, 1.82) is 0 Å². The molecule has 1 aromatic carbocycles. The molecule has 10 heteroatoms. The first-order valence-electron chi connectivity index (χ1n) is 10.8. The Morgan fingerprint density at radius 1 is 1.09 bits per heavy atom. The van der Waals surface area contributed by atoms with Crippen molar-refractivity contribution < 1.29 is 4.79 Å². The first kappa shape index (κ1) is 21.3. The molecule has 5 aromatic rings. The second kappa shape index (κ2) is 8.74. The van der Waals surface area contributed by atoms with Crippen LogP contribution >= 0.6 is 0 Å². The number of hydrogen-bond acceptors (Lipinski definition) is 8. The lowest BCUT2D eigenvalue weighted by Crippen LogP contribution is -2.04. The van der Waals surface area contributed by atoms with Crippen LogP contribution in [0.3, 0.4) is 0 Å². The number of fused-ring (bicyclic) bond motifs is 1. The quantitative estimate of drug-likeness (QED) is 0.352. The molecule has 0 aliphatic rings. The number of aldehydes is 1. The van der Waals surface area contributed by atoms with Gasteiger partial charge in [0.1, 0.15) is 11.4 Å². The van der Waals surface area contributed by atoms with Crippen molar-refractivity contribution >= 4 is 29.1 Å². The highest BCUT2D eigenvalue weighted by molar-refractivity contribution is 5.86. The van der Waals surface area contributed by atoms with Gasteiger partial charge in [-0.05, 0) is 38.1 Å². The third kappa shape index (κ3) is 3.85. The van der Waals surface area contributed by atoms with Crippen LogP contribution in [0.5, 0.6) is 0 Å². The summed E-state index contributed by atoms with van der Waals surface area (Å²) in [4.78, 5) is 20.4. The van der Waals surface area contributed by atoms with Crippen LogP contribution in [0.25, 0.3) is 28.3 Å². The number of imidazole rings is 1. The van der Waals surface area contributed by atoms with Gasteiger partial charge in [0, 0.05) is 42.2 Å². The molecule has 4 aromatic heterocycles. The molecule has 0 radical (unpaired) electrons. The summed E-state index contributed by atoms with van der Waals surface area (Å²) in [5.74, 6) is 0.612. The summed E-state index contributed by atoms with van der Waals surface area (Å²) in [6.07, 6.45) is 6.11. The molecule has 2 N–H and O–H groups in total. The molecular weight excluding hydrogens is 430 g/mol. The third-order valence-corrected chi connectivity index (χ3v) is 5.41. The zero-order valence-electron chi connectivity index (χ0n) is 19.0. The minimum Gasteiger partial charge on any atom is -0.385 e. The van der Waals surface area contributed by atoms with Gasteiger partial charge >= 0.3 is 0 Å². The van der Waals surface area contributed by atoms with Crippen molar-refractivity contribution in [3.05, 3.63) is 66.6 Å². The summed E-state index contributed by atoms with van der Waals surface area (Å²) in [7, 11) is 1.84. The summed E-state index contributed by atoms with van der Waals surface area (Å²) in [5.41, 5.74) is 5.72. The van der Waals surface area contributed by atoms with Gasteiger partial charge in [-0.2, -0.15) is 0 Å². The first-order chi connectivity index (χ1) is 16.6. The number of nitrogens with zero attached hydrogens (tertiary/aromatic N) is 7. The summed E-state index contributed by atoms with van der Waals surface area (Å²) >= 11 is 0. The summed E-state index contributed by atoms with van der Waals surface area (Å²) in [6, 6.07) is 13.3. The van der Waals surface area contributed by atoms with Crippen LogP contribution in [0.2, 0.25) is 0 Å². The monoisotopic (exact) mass is 453 g/mol. The molecule has 5 rings (SSSR count). The second-order valence-electron chi connectivity index (χ2n) is 8.01. The fourth-order valence-electron chi connectivity index (χ4n) is 3.68. The average Bonchev–Trinajstić information content (AvgIpc) is 3.51. The Labute approximate surface area is 195 Å². The van der Waals surface area contributed by atoms with Crippen molar-refractivity contribution in [3.8, 4) is 22.6 Å². The molecule has 170 valence electrons. The number of rotatable bonds is 7. The van der Waals surface area contributed by atoms with Crippen LogP contribution < -0.4 is 10.6 Å². The Balaban J connectivity index is 1.54. The van der Waals surface area contributed by atoms with Crippen molar-refractivity contribution in [2.24, 2.45) is 0 Å². The minimum atomic E-state index is 0.199. The maximum atomic E-state index is 11.4. The predicted molar refractivity (Wildman–Crippen MR) is 130 cm³/mol. The molecule has 0 bridgehead atoms. The van der Waals surface area contributed by atoms with E-state index in [1.807, 2.05) is 57.4 Å². The highest BCUT2D eigenvalue weighted by atomic mass is 16.1. The lowest BCUT2D eigenvalue weighted by atomic mass is 10.1. The van der Waals surface area contributed by atoms with E-state index in [9.17, 15) is 4.79 Å². The van der Waals surface area contributed by atoms with Crippen LogP contribution in [0.4, 0.5) is 17.2 Å². The maximum Gasteiger partial charge on any atom is 0.177 e. The van der Waals surface area contributed by atoms with E-state index in [4.69, 9.17) is 5.10 Å². The Kier molecular flexibility index (Phi) is 5.46. The summed E-state index contributed by atoms with van der Waals surface area (Å²) < 4.78 is 3.54. The van der Waals surface area contributed by atoms with Crippen LogP contribution in [-0.2, 0) is 0 Å². The molecule has 10 nitrogen and oxygen atoms in total. The maximum absolute atomic E-state index is 11.4. The first-order valence-corrected chi connectivity index (χ1v) is 10.8. The molecule has 4 heterocycles. The summed E-state index contributed by atoms with van der Waals surface area (Å²) in [6.45, 7) is 4.09. The average molecular weight is 454 g/mol. The highest BCUT2D eigenvalue weighted by Crippen LogP contribution is 2.28. The van der Waals surface area contributed by atoms with Gasteiger partial charge in [-0.25, -0.2) is 14.2 Å². The van der Waals surface area contributed by atoms with Crippen LogP contribution in [0.1, 0.15) is 30.2 Å². The van der Waals surface area contributed by atoms with E-state index < -0.39 is 0 Å². The standard InChI is InChI=1S/C24H23N9O/c1-15(2)32-13-20(29-31-32)21-12-27-24-19(25-3)11-22(30-33(21)24)28-18-8-4-6-16(10-18)23-17(14-34)7-5-9-26-23/h4-15,25H,1-3H3,(H,28,30). The van der Waals surface area contributed by atoms with E-state index >= 15 is 0 Å². The van der Waals surface area contributed by atoms with Gasteiger partial charge in [0.25, 0.3) is 0 Å². The molecular formula is C24H23N9O. The summed E-state index contributed by atoms with van der Waals surface area (Å²) in [5, 5.41) is 19.8. The fraction of sp³-hybridized carbons (Fsp3) is 0.167. The van der Waals surface area contributed by atoms with Crippen molar-refractivity contribution in [2.75, 3.05) is 17.7 Å². The second-order valence-corrected chi connectivity index (χ2v) is 8.01. The normalized spacial score (nSPS) is 11.2. The molecule has 0 aliphatic carbocycles. The molecule has 0 unspecified atom stereocenters. The highest BCUT2D eigenvalue weighted by Gasteiger charge is 2.16. The fourth-order valence-corrected chi connectivity index (χ4v) is 3.68. The largest absolute Gasteiger partial charge is 0.385 e. The predicted octanol–water partition coefficient (Wildman–Crippen LogP) is 4.23. The van der Waals surface area contributed by atoms with E-state index in [0.29, 0.717) is 28.4 Å². The molecule has 0 saturated heterocycles. The molecule has 0 spiro atoms. The smallest absolute Gasteiger partial charge is 0.177 e. The molecule has 34 heavy (non-hydrogen) atoms. The molecule has 0 saturated carbocycles. The lowest BCUT2D eigenvalue weighted by Gasteiger charge is -2.11. The Morgan fingerprint density at radius 2 is 1.97 bits per heavy atom. The zero-order valence-corrected chi connectivity index (χ0v) is 19.0. The zero-order chi connectivity index (χ0) is 23.7. The van der Waals surface area contributed by atoms with Gasteiger partial charge < -0.3 is 10.6 Å². The van der Waals surface area contributed by atoms with Crippen LogP contribution in [0.15, 0.2) is 61.1 Å².